The van der Waals surface area contributed by atoms with Crippen molar-refractivity contribution in [2.75, 3.05) is 38.8 Å². The lowest BCUT2D eigenvalue weighted by molar-refractivity contribution is 0.239. The summed E-state index contributed by atoms with van der Waals surface area (Å²) in [7, 11) is 3.38. The van der Waals surface area contributed by atoms with Gasteiger partial charge in [-0.15, -0.1) is 12.4 Å². The number of hydrogen-bond donors (Lipinski definition) is 0. The molecule has 158 valence electrons. The molecule has 0 aliphatic carbocycles. The monoisotopic (exact) mass is 418 g/mol. The Kier molecular flexibility index (Phi) is 7.19. The number of benzene rings is 1. The van der Waals surface area contributed by atoms with Crippen LogP contribution in [0.15, 0.2) is 24.4 Å². The summed E-state index contributed by atoms with van der Waals surface area (Å²) in [6, 6.07) is 6.02. The van der Waals surface area contributed by atoms with Gasteiger partial charge in [0.25, 0.3) is 0 Å². The summed E-state index contributed by atoms with van der Waals surface area (Å²) in [6.07, 6.45) is 5.47. The van der Waals surface area contributed by atoms with Gasteiger partial charge in [0.15, 0.2) is 0 Å². The molecule has 7 heteroatoms. The van der Waals surface area contributed by atoms with Gasteiger partial charge in [-0.1, -0.05) is 13.0 Å². The normalized spacial score (nSPS) is 17.4. The van der Waals surface area contributed by atoms with Gasteiger partial charge < -0.3 is 14.4 Å². The molecule has 2 aromatic rings. The highest BCUT2D eigenvalue weighted by Gasteiger charge is 2.23. The van der Waals surface area contributed by atoms with Crippen LogP contribution in [-0.2, 0) is 19.5 Å². The van der Waals surface area contributed by atoms with Crippen molar-refractivity contribution in [2.24, 2.45) is 5.92 Å². The first-order valence-electron chi connectivity index (χ1n) is 10.2. The molecule has 4 rings (SSSR count). The predicted molar refractivity (Wildman–Crippen MR) is 117 cm³/mol. The van der Waals surface area contributed by atoms with Gasteiger partial charge in [0.05, 0.1) is 19.9 Å². The topological polar surface area (TPSA) is 50.7 Å². The zero-order valence-electron chi connectivity index (χ0n) is 17.6. The Morgan fingerprint density at radius 2 is 1.90 bits per heavy atom. The third-order valence-corrected chi connectivity index (χ3v) is 5.95. The predicted octanol–water partition coefficient (Wildman–Crippen LogP) is 3.71. The molecule has 0 atom stereocenters. The van der Waals surface area contributed by atoms with Gasteiger partial charge >= 0.3 is 0 Å². The van der Waals surface area contributed by atoms with E-state index in [1.54, 1.807) is 14.2 Å². The summed E-state index contributed by atoms with van der Waals surface area (Å²) in [6.45, 7) is 7.19. The first-order valence-corrected chi connectivity index (χ1v) is 10.2. The Labute approximate surface area is 179 Å². The van der Waals surface area contributed by atoms with Gasteiger partial charge in [-0.25, -0.2) is 9.97 Å². The number of piperidine rings is 1. The van der Waals surface area contributed by atoms with Crippen LogP contribution in [0.5, 0.6) is 11.5 Å². The Hall–Kier alpha value is -2.05. The highest BCUT2D eigenvalue weighted by molar-refractivity contribution is 5.85. The Morgan fingerprint density at radius 3 is 2.62 bits per heavy atom. The summed E-state index contributed by atoms with van der Waals surface area (Å²) < 4.78 is 10.9. The Bertz CT molecular complexity index is 824. The molecular weight excluding hydrogens is 388 g/mol. The van der Waals surface area contributed by atoms with E-state index in [2.05, 4.69) is 27.8 Å². The SMILES string of the molecule is COc1ccc(CN2CCc3nc(N4CCC(C)CC4)ncc3C2)c(OC)c1.Cl. The smallest absolute Gasteiger partial charge is 0.225 e. The second kappa shape index (κ2) is 9.63. The number of rotatable bonds is 5. The van der Waals surface area contributed by atoms with Crippen LogP contribution in [-0.4, -0.2) is 48.7 Å². The molecule has 0 amide bonds. The summed E-state index contributed by atoms with van der Waals surface area (Å²) in [5.74, 6) is 3.42. The first kappa shape index (κ1) is 21.7. The second-order valence-electron chi connectivity index (χ2n) is 7.95. The molecule has 0 radical (unpaired) electrons. The highest BCUT2D eigenvalue weighted by Crippen LogP contribution is 2.28. The molecule has 1 aromatic carbocycles. The average Bonchev–Trinajstić information content (AvgIpc) is 2.74. The summed E-state index contributed by atoms with van der Waals surface area (Å²) >= 11 is 0. The van der Waals surface area contributed by atoms with Crippen LogP contribution in [0.4, 0.5) is 5.95 Å². The van der Waals surface area contributed by atoms with Crippen LogP contribution < -0.4 is 14.4 Å². The van der Waals surface area contributed by atoms with E-state index in [0.29, 0.717) is 0 Å². The van der Waals surface area contributed by atoms with Crippen molar-refractivity contribution in [1.29, 1.82) is 0 Å². The maximum absolute atomic E-state index is 5.55. The van der Waals surface area contributed by atoms with Crippen LogP contribution in [0.2, 0.25) is 0 Å². The molecule has 2 aliphatic heterocycles. The number of aromatic nitrogens is 2. The van der Waals surface area contributed by atoms with Crippen LogP contribution in [0.3, 0.4) is 0 Å². The van der Waals surface area contributed by atoms with Gasteiger partial charge in [0.1, 0.15) is 11.5 Å². The lowest BCUT2D eigenvalue weighted by atomic mass is 9.99. The fourth-order valence-corrected chi connectivity index (χ4v) is 4.08. The summed E-state index contributed by atoms with van der Waals surface area (Å²) in [4.78, 5) is 14.4. The average molecular weight is 419 g/mol. The van der Waals surface area contributed by atoms with Crippen molar-refractivity contribution in [3.63, 3.8) is 0 Å². The van der Waals surface area contributed by atoms with E-state index < -0.39 is 0 Å². The Morgan fingerprint density at radius 1 is 1.10 bits per heavy atom. The van der Waals surface area contributed by atoms with Gasteiger partial charge in [-0.05, 0) is 24.8 Å². The molecule has 29 heavy (non-hydrogen) atoms. The Balaban J connectivity index is 0.00000240. The fourth-order valence-electron chi connectivity index (χ4n) is 4.08. The molecule has 0 N–H and O–H groups in total. The lowest BCUT2D eigenvalue weighted by Gasteiger charge is -2.32. The fraction of sp³-hybridized carbons (Fsp3) is 0.545. The van der Waals surface area contributed by atoms with Crippen LogP contribution in [0.25, 0.3) is 0 Å². The number of halogens is 1. The third kappa shape index (κ3) is 4.93. The van der Waals surface area contributed by atoms with Crippen molar-refractivity contribution in [1.82, 2.24) is 14.9 Å². The van der Waals surface area contributed by atoms with E-state index in [4.69, 9.17) is 14.5 Å². The second-order valence-corrected chi connectivity index (χ2v) is 7.95. The van der Waals surface area contributed by atoms with Gasteiger partial charge in [0.2, 0.25) is 5.95 Å². The molecule has 1 aromatic heterocycles. The van der Waals surface area contributed by atoms with E-state index in [9.17, 15) is 0 Å². The quantitative estimate of drug-likeness (QED) is 0.737. The minimum absolute atomic E-state index is 0. The minimum Gasteiger partial charge on any atom is -0.497 e. The van der Waals surface area contributed by atoms with E-state index in [1.165, 1.54) is 29.7 Å². The van der Waals surface area contributed by atoms with E-state index >= 15 is 0 Å². The van der Waals surface area contributed by atoms with E-state index in [0.717, 1.165) is 62.5 Å². The number of anilines is 1. The highest BCUT2D eigenvalue weighted by atomic mass is 35.5. The van der Waals surface area contributed by atoms with Gasteiger partial charge in [-0.2, -0.15) is 0 Å². The standard InChI is InChI=1S/C22H30N4O2.ClH/c1-16-6-10-26(11-7-16)22-23-13-18-15-25(9-8-20(18)24-22)14-17-4-5-19(27-2)12-21(17)28-3;/h4-5,12-13,16H,6-11,14-15H2,1-3H3;1H. The van der Waals surface area contributed by atoms with E-state index in [1.807, 2.05) is 18.3 Å². The minimum atomic E-state index is 0. The van der Waals surface area contributed by atoms with Crippen molar-refractivity contribution in [3.8, 4) is 11.5 Å². The van der Waals surface area contributed by atoms with Crippen LogP contribution >= 0.6 is 12.4 Å². The lowest BCUT2D eigenvalue weighted by Crippen LogP contribution is -2.35. The van der Waals surface area contributed by atoms with Gasteiger partial charge in [0, 0.05) is 62.5 Å². The van der Waals surface area contributed by atoms with Crippen LogP contribution in [0.1, 0.15) is 36.6 Å². The maximum Gasteiger partial charge on any atom is 0.225 e. The van der Waals surface area contributed by atoms with E-state index in [-0.39, 0.29) is 12.4 Å². The van der Waals surface area contributed by atoms with Gasteiger partial charge in [-0.3, -0.25) is 4.90 Å². The molecule has 0 unspecified atom stereocenters. The third-order valence-electron chi connectivity index (χ3n) is 5.95. The van der Waals surface area contributed by atoms with Crippen LogP contribution in [0, 0.1) is 5.92 Å². The number of nitrogens with zero attached hydrogens (tertiary/aromatic N) is 4. The zero-order chi connectivity index (χ0) is 19.5. The number of hydrogen-bond acceptors (Lipinski definition) is 6. The molecule has 6 nitrogen and oxygen atoms in total. The molecular formula is C22H31ClN4O2. The van der Waals surface area contributed by atoms with Crippen molar-refractivity contribution < 1.29 is 9.47 Å². The molecule has 2 aliphatic rings. The number of ether oxygens (including phenoxy) is 2. The number of methoxy groups -OCH3 is 2. The largest absolute Gasteiger partial charge is 0.497 e. The number of fused-ring (bicyclic) bond motifs is 1. The molecule has 3 heterocycles. The molecule has 1 saturated heterocycles. The van der Waals surface area contributed by atoms with Crippen molar-refractivity contribution in [3.05, 3.63) is 41.2 Å². The molecule has 0 bridgehead atoms. The first-order chi connectivity index (χ1) is 13.7. The maximum atomic E-state index is 5.55. The molecule has 1 fully saturated rings. The zero-order valence-corrected chi connectivity index (χ0v) is 18.4. The molecule has 0 spiro atoms. The van der Waals surface area contributed by atoms with Crippen molar-refractivity contribution in [2.45, 2.75) is 39.3 Å². The summed E-state index contributed by atoms with van der Waals surface area (Å²) in [5, 5.41) is 0. The molecule has 0 saturated carbocycles. The van der Waals surface area contributed by atoms with Crippen molar-refractivity contribution >= 4 is 18.4 Å². The summed E-state index contributed by atoms with van der Waals surface area (Å²) in [5.41, 5.74) is 3.63.